The number of fused-ring (bicyclic) bond motifs is 1. The predicted octanol–water partition coefficient (Wildman–Crippen LogP) is 4.48. The van der Waals surface area contributed by atoms with E-state index in [0.717, 1.165) is 52.7 Å². The number of carboxylic acids is 1. The number of pyridine rings is 1. The molecule has 5 N–H and O–H groups in total. The first kappa shape index (κ1) is 25.5. The third kappa shape index (κ3) is 6.70. The zero-order valence-corrected chi connectivity index (χ0v) is 19.2. The number of aliphatic hydroxyl groups excluding tert-OH is 2. The third-order valence-electron chi connectivity index (χ3n) is 5.47. The number of halogens is 1. The van der Waals surface area contributed by atoms with Crippen LogP contribution in [0.3, 0.4) is 0 Å². The fraction of sp³-hybridized carbons (Fsp3) is 0.333. The number of hydrogen-bond acceptors (Lipinski definition) is 5. The second-order valence-corrected chi connectivity index (χ2v) is 8.41. The minimum Gasteiger partial charge on any atom is -0.481 e. The standard InChI is InChI=1S/C25H24FNO4.C2H7N/c26-17-9-7-15(8-10-17)24-20-3-1-2-4-22(20)27-25(16-5-6-16)21(24)12-11-18(28)13-19(29)14-23(30)31;1-2-3/h1-4,7-12,16,18-19,28-29H,5-6,13-14H2,(H,30,31);2-3H2,1H3/t18-,19-;/m1./s1. The van der Waals surface area contributed by atoms with Crippen molar-refractivity contribution in [2.24, 2.45) is 5.73 Å². The second-order valence-electron chi connectivity index (χ2n) is 8.41. The summed E-state index contributed by atoms with van der Waals surface area (Å²) in [5.41, 5.74) is 9.27. The Balaban J connectivity index is 0.00000103. The lowest BCUT2D eigenvalue weighted by Gasteiger charge is -2.16. The van der Waals surface area contributed by atoms with Gasteiger partial charge in [-0.2, -0.15) is 0 Å². The molecule has 180 valence electrons. The van der Waals surface area contributed by atoms with Crippen LogP contribution >= 0.6 is 0 Å². The number of hydrogen-bond donors (Lipinski definition) is 4. The Morgan fingerprint density at radius 3 is 2.44 bits per heavy atom. The van der Waals surface area contributed by atoms with Crippen molar-refractivity contribution in [2.75, 3.05) is 6.54 Å². The van der Waals surface area contributed by atoms with E-state index in [-0.39, 0.29) is 12.2 Å². The van der Waals surface area contributed by atoms with Crippen LogP contribution in [-0.2, 0) is 4.79 Å². The highest BCUT2D eigenvalue weighted by Crippen LogP contribution is 2.45. The molecule has 0 aliphatic heterocycles. The quantitative estimate of drug-likeness (QED) is 0.389. The van der Waals surface area contributed by atoms with Crippen molar-refractivity contribution >= 4 is 22.9 Å². The van der Waals surface area contributed by atoms with Gasteiger partial charge in [-0.15, -0.1) is 0 Å². The maximum atomic E-state index is 13.6. The van der Waals surface area contributed by atoms with E-state index < -0.39 is 24.6 Å². The van der Waals surface area contributed by atoms with Gasteiger partial charge in [-0.1, -0.05) is 49.4 Å². The van der Waals surface area contributed by atoms with E-state index >= 15 is 0 Å². The number of rotatable bonds is 8. The van der Waals surface area contributed by atoms with Gasteiger partial charge < -0.3 is 21.1 Å². The van der Waals surface area contributed by atoms with E-state index in [1.165, 1.54) is 12.1 Å². The molecule has 0 spiro atoms. The molecule has 6 nitrogen and oxygen atoms in total. The molecule has 7 heteroatoms. The van der Waals surface area contributed by atoms with Crippen molar-refractivity contribution in [3.8, 4) is 11.1 Å². The van der Waals surface area contributed by atoms with Crippen LogP contribution < -0.4 is 5.73 Å². The molecule has 0 amide bonds. The Labute approximate surface area is 198 Å². The topological polar surface area (TPSA) is 117 Å². The van der Waals surface area contributed by atoms with Gasteiger partial charge in [0.2, 0.25) is 0 Å². The van der Waals surface area contributed by atoms with Crippen molar-refractivity contribution in [3.05, 3.63) is 71.7 Å². The van der Waals surface area contributed by atoms with Crippen LogP contribution in [0.25, 0.3) is 28.1 Å². The summed E-state index contributed by atoms with van der Waals surface area (Å²) >= 11 is 0. The average molecular weight is 467 g/mol. The lowest BCUT2D eigenvalue weighted by Crippen LogP contribution is -2.19. The van der Waals surface area contributed by atoms with Gasteiger partial charge in [0.05, 0.1) is 29.8 Å². The summed E-state index contributed by atoms with van der Waals surface area (Å²) in [6, 6.07) is 14.1. The lowest BCUT2D eigenvalue weighted by atomic mass is 9.92. The van der Waals surface area contributed by atoms with Crippen LogP contribution in [0.5, 0.6) is 0 Å². The molecule has 1 heterocycles. The number of aromatic nitrogens is 1. The monoisotopic (exact) mass is 466 g/mol. The van der Waals surface area contributed by atoms with Crippen LogP contribution in [-0.4, -0.2) is 45.0 Å². The Morgan fingerprint density at radius 1 is 1.18 bits per heavy atom. The highest BCUT2D eigenvalue weighted by atomic mass is 19.1. The lowest BCUT2D eigenvalue weighted by molar-refractivity contribution is -0.139. The second kappa shape index (κ2) is 11.8. The van der Waals surface area contributed by atoms with E-state index in [4.69, 9.17) is 15.8 Å². The van der Waals surface area contributed by atoms with Gasteiger partial charge in [0.25, 0.3) is 0 Å². The molecule has 0 unspecified atom stereocenters. The van der Waals surface area contributed by atoms with Crippen LogP contribution in [0.4, 0.5) is 4.39 Å². The molecular weight excluding hydrogens is 435 g/mol. The largest absolute Gasteiger partial charge is 0.481 e. The summed E-state index contributed by atoms with van der Waals surface area (Å²) in [7, 11) is 0. The molecule has 1 aromatic heterocycles. The van der Waals surface area contributed by atoms with E-state index in [1.54, 1.807) is 24.3 Å². The summed E-state index contributed by atoms with van der Waals surface area (Å²) in [6.45, 7) is 2.65. The van der Waals surface area contributed by atoms with E-state index in [1.807, 2.05) is 31.2 Å². The Morgan fingerprint density at radius 2 is 1.82 bits per heavy atom. The molecule has 2 atom stereocenters. The van der Waals surface area contributed by atoms with Gasteiger partial charge in [-0.25, -0.2) is 4.39 Å². The number of para-hydroxylation sites is 1. The number of nitrogens with two attached hydrogens (primary N) is 1. The number of nitrogens with zero attached hydrogens (tertiary/aromatic N) is 1. The number of aliphatic hydroxyl groups is 2. The van der Waals surface area contributed by atoms with Gasteiger partial charge in [-0.3, -0.25) is 9.78 Å². The molecule has 3 aromatic rings. The summed E-state index contributed by atoms with van der Waals surface area (Å²) < 4.78 is 13.6. The van der Waals surface area contributed by atoms with Crippen molar-refractivity contribution in [3.63, 3.8) is 0 Å². The van der Waals surface area contributed by atoms with Crippen molar-refractivity contribution < 1.29 is 24.5 Å². The summed E-state index contributed by atoms with van der Waals surface area (Å²) in [4.78, 5) is 15.6. The van der Waals surface area contributed by atoms with Gasteiger partial charge >= 0.3 is 5.97 Å². The van der Waals surface area contributed by atoms with E-state index in [2.05, 4.69) is 0 Å². The average Bonchev–Trinajstić information content (AvgIpc) is 3.63. The number of carboxylic acid groups (broad SMARTS) is 1. The normalized spacial score (nSPS) is 15.1. The highest BCUT2D eigenvalue weighted by molar-refractivity contribution is 5.99. The van der Waals surface area contributed by atoms with Crippen LogP contribution in [0.2, 0.25) is 0 Å². The minimum atomic E-state index is -1.13. The van der Waals surface area contributed by atoms with Crippen LogP contribution in [0.1, 0.15) is 49.8 Å². The molecule has 1 saturated carbocycles. The molecule has 34 heavy (non-hydrogen) atoms. The van der Waals surface area contributed by atoms with Crippen molar-refractivity contribution in [1.29, 1.82) is 0 Å². The Bertz CT molecular complexity index is 1140. The first-order valence-corrected chi connectivity index (χ1v) is 11.5. The van der Waals surface area contributed by atoms with Gasteiger partial charge in [0.15, 0.2) is 0 Å². The summed E-state index contributed by atoms with van der Waals surface area (Å²) in [5.74, 6) is -1.10. The first-order valence-electron chi connectivity index (χ1n) is 11.5. The number of benzene rings is 2. The molecule has 0 bridgehead atoms. The maximum absolute atomic E-state index is 13.6. The maximum Gasteiger partial charge on any atom is 0.305 e. The van der Waals surface area contributed by atoms with Gasteiger partial charge in [0.1, 0.15) is 5.82 Å². The molecule has 1 fully saturated rings. The highest BCUT2D eigenvalue weighted by Gasteiger charge is 2.29. The van der Waals surface area contributed by atoms with E-state index in [0.29, 0.717) is 5.92 Å². The zero-order chi connectivity index (χ0) is 24.7. The zero-order valence-electron chi connectivity index (χ0n) is 19.2. The molecule has 2 aromatic carbocycles. The predicted molar refractivity (Wildman–Crippen MR) is 132 cm³/mol. The summed E-state index contributed by atoms with van der Waals surface area (Å²) in [5, 5.41) is 29.9. The smallest absolute Gasteiger partial charge is 0.305 e. The Kier molecular flexibility index (Phi) is 8.87. The molecular formula is C27H31FN2O4. The summed E-state index contributed by atoms with van der Waals surface area (Å²) in [6.07, 6.45) is 2.80. The molecule has 0 radical (unpaired) electrons. The first-order chi connectivity index (χ1) is 16.3. The fourth-order valence-electron chi connectivity index (χ4n) is 3.86. The molecule has 4 rings (SSSR count). The molecule has 1 aliphatic rings. The van der Waals surface area contributed by atoms with E-state index in [9.17, 15) is 19.4 Å². The van der Waals surface area contributed by atoms with Gasteiger partial charge in [-0.05, 0) is 43.1 Å². The minimum absolute atomic E-state index is 0.0749. The van der Waals surface area contributed by atoms with Crippen molar-refractivity contribution in [2.45, 2.75) is 50.7 Å². The van der Waals surface area contributed by atoms with Gasteiger partial charge in [0, 0.05) is 28.9 Å². The SMILES string of the molecule is CCN.O=C(O)C[C@H](O)C[C@H](O)C=Cc1c(C2CC2)nc2ccccc2c1-c1ccc(F)cc1. The third-order valence-corrected chi connectivity index (χ3v) is 5.47. The van der Waals surface area contributed by atoms with Crippen molar-refractivity contribution in [1.82, 2.24) is 4.98 Å². The number of aliphatic carboxylic acids is 1. The molecule has 0 saturated heterocycles. The molecule has 1 aliphatic carbocycles. The Hall–Kier alpha value is -3.13. The number of carbonyl (C=O) groups is 1. The fourth-order valence-corrected chi connectivity index (χ4v) is 3.86. The van der Waals surface area contributed by atoms with Crippen LogP contribution in [0.15, 0.2) is 54.6 Å². The van der Waals surface area contributed by atoms with Crippen LogP contribution in [0, 0.1) is 5.82 Å².